The Bertz CT molecular complexity index is 186. The third kappa shape index (κ3) is 6.80. The standard InChI is InChI=1S/C12H26N2O2/c1-4-6-7-14(8-9-15)12(16)10-13-11(3)5-2/h11,13,15H,4-10H2,1-3H3. The van der Waals surface area contributed by atoms with Gasteiger partial charge in [-0.2, -0.15) is 0 Å². The first-order valence-electron chi connectivity index (χ1n) is 6.27. The highest BCUT2D eigenvalue weighted by Crippen LogP contribution is 1.96. The summed E-state index contributed by atoms with van der Waals surface area (Å²) in [4.78, 5) is 13.5. The van der Waals surface area contributed by atoms with Crippen LogP contribution in [0.2, 0.25) is 0 Å². The minimum atomic E-state index is 0.0405. The van der Waals surface area contributed by atoms with Crippen molar-refractivity contribution in [3.63, 3.8) is 0 Å². The van der Waals surface area contributed by atoms with Crippen LogP contribution in [-0.2, 0) is 4.79 Å². The van der Waals surface area contributed by atoms with Crippen LogP contribution in [0.5, 0.6) is 0 Å². The number of aliphatic hydroxyl groups excluding tert-OH is 1. The van der Waals surface area contributed by atoms with Gasteiger partial charge in [-0.3, -0.25) is 4.79 Å². The zero-order valence-electron chi connectivity index (χ0n) is 10.8. The van der Waals surface area contributed by atoms with Gasteiger partial charge in [0.15, 0.2) is 0 Å². The van der Waals surface area contributed by atoms with E-state index in [2.05, 4.69) is 26.1 Å². The van der Waals surface area contributed by atoms with Gasteiger partial charge in [-0.25, -0.2) is 0 Å². The molecule has 0 rings (SSSR count). The van der Waals surface area contributed by atoms with Crippen LogP contribution in [0, 0.1) is 0 Å². The number of nitrogens with zero attached hydrogens (tertiary/aromatic N) is 1. The zero-order chi connectivity index (χ0) is 12.4. The number of aliphatic hydroxyl groups is 1. The molecule has 96 valence electrons. The first-order valence-corrected chi connectivity index (χ1v) is 6.27. The lowest BCUT2D eigenvalue weighted by molar-refractivity contribution is -0.131. The smallest absolute Gasteiger partial charge is 0.236 e. The van der Waals surface area contributed by atoms with Gasteiger partial charge >= 0.3 is 0 Å². The van der Waals surface area contributed by atoms with E-state index in [0.29, 0.717) is 19.1 Å². The second-order valence-corrected chi connectivity index (χ2v) is 4.15. The molecule has 1 atom stereocenters. The Hall–Kier alpha value is -0.610. The van der Waals surface area contributed by atoms with Crippen LogP contribution in [-0.4, -0.2) is 48.2 Å². The molecule has 0 heterocycles. The molecule has 0 fully saturated rings. The van der Waals surface area contributed by atoms with Gasteiger partial charge < -0.3 is 15.3 Å². The maximum absolute atomic E-state index is 11.8. The monoisotopic (exact) mass is 230 g/mol. The van der Waals surface area contributed by atoms with Crippen LogP contribution < -0.4 is 5.32 Å². The molecule has 1 unspecified atom stereocenters. The molecule has 0 aliphatic rings. The average Bonchev–Trinajstić information content (AvgIpc) is 2.30. The predicted molar refractivity (Wildman–Crippen MR) is 66.3 cm³/mol. The summed E-state index contributed by atoms with van der Waals surface area (Å²) in [6.45, 7) is 7.86. The minimum absolute atomic E-state index is 0.0405. The van der Waals surface area contributed by atoms with Gasteiger partial charge in [-0.1, -0.05) is 20.3 Å². The number of amides is 1. The highest BCUT2D eigenvalue weighted by molar-refractivity contribution is 5.78. The lowest BCUT2D eigenvalue weighted by atomic mass is 10.2. The largest absolute Gasteiger partial charge is 0.395 e. The number of hydrogen-bond acceptors (Lipinski definition) is 3. The number of nitrogens with one attached hydrogen (secondary N) is 1. The predicted octanol–water partition coefficient (Wildman–Crippen LogP) is 0.995. The molecule has 0 saturated heterocycles. The van der Waals surface area contributed by atoms with E-state index in [1.54, 1.807) is 4.90 Å². The lowest BCUT2D eigenvalue weighted by Crippen LogP contribution is -2.42. The van der Waals surface area contributed by atoms with Crippen LogP contribution in [0.25, 0.3) is 0 Å². The van der Waals surface area contributed by atoms with Gasteiger partial charge in [0.1, 0.15) is 0 Å². The summed E-state index contributed by atoms with van der Waals surface area (Å²) in [6.07, 6.45) is 3.07. The molecule has 0 saturated carbocycles. The maximum atomic E-state index is 11.8. The number of hydrogen-bond donors (Lipinski definition) is 2. The second-order valence-electron chi connectivity index (χ2n) is 4.15. The highest BCUT2D eigenvalue weighted by atomic mass is 16.3. The number of unbranched alkanes of at least 4 members (excludes halogenated alkanes) is 1. The Balaban J connectivity index is 3.95. The maximum Gasteiger partial charge on any atom is 0.236 e. The molecule has 2 N–H and O–H groups in total. The fraction of sp³-hybridized carbons (Fsp3) is 0.917. The molecule has 0 aliphatic heterocycles. The fourth-order valence-electron chi connectivity index (χ4n) is 1.35. The third-order valence-electron chi connectivity index (χ3n) is 2.72. The van der Waals surface area contributed by atoms with Crippen molar-refractivity contribution in [2.75, 3.05) is 26.2 Å². The first-order chi connectivity index (χ1) is 7.65. The van der Waals surface area contributed by atoms with Crippen LogP contribution in [0.3, 0.4) is 0 Å². The van der Waals surface area contributed by atoms with Crippen LogP contribution >= 0.6 is 0 Å². The Kier molecular flexibility index (Phi) is 9.24. The molecule has 4 nitrogen and oxygen atoms in total. The van der Waals surface area contributed by atoms with Crippen LogP contribution in [0.15, 0.2) is 0 Å². The fourth-order valence-corrected chi connectivity index (χ4v) is 1.35. The van der Waals surface area contributed by atoms with E-state index in [-0.39, 0.29) is 12.5 Å². The first kappa shape index (κ1) is 15.4. The molecule has 16 heavy (non-hydrogen) atoms. The molecule has 0 radical (unpaired) electrons. The Labute approximate surface area is 99.0 Å². The summed E-state index contributed by atoms with van der Waals surface area (Å²) in [7, 11) is 0. The van der Waals surface area contributed by atoms with Crippen LogP contribution in [0.4, 0.5) is 0 Å². The van der Waals surface area contributed by atoms with Crippen molar-refractivity contribution in [3.8, 4) is 0 Å². The van der Waals surface area contributed by atoms with Crippen molar-refractivity contribution in [3.05, 3.63) is 0 Å². The summed E-state index contributed by atoms with van der Waals surface area (Å²) in [5.74, 6) is 0.0859. The third-order valence-corrected chi connectivity index (χ3v) is 2.72. The highest BCUT2D eigenvalue weighted by Gasteiger charge is 2.12. The summed E-state index contributed by atoms with van der Waals surface area (Å²) in [6, 6.07) is 0.367. The number of carbonyl (C=O) groups excluding carboxylic acids is 1. The quantitative estimate of drug-likeness (QED) is 0.621. The Morgan fingerprint density at radius 3 is 2.56 bits per heavy atom. The molecule has 0 bridgehead atoms. The topological polar surface area (TPSA) is 52.6 Å². The number of rotatable bonds is 9. The van der Waals surface area contributed by atoms with Crippen molar-refractivity contribution in [1.29, 1.82) is 0 Å². The molecular weight excluding hydrogens is 204 g/mol. The van der Waals surface area contributed by atoms with E-state index in [9.17, 15) is 4.79 Å². The molecule has 0 aromatic carbocycles. The van der Waals surface area contributed by atoms with Gasteiger partial charge in [0.25, 0.3) is 0 Å². The van der Waals surface area contributed by atoms with E-state index in [0.717, 1.165) is 25.8 Å². The second kappa shape index (κ2) is 9.60. The van der Waals surface area contributed by atoms with E-state index in [4.69, 9.17) is 5.11 Å². The molecule has 1 amide bonds. The average molecular weight is 230 g/mol. The SMILES string of the molecule is CCCCN(CCO)C(=O)CNC(C)CC. The summed E-state index contributed by atoms with van der Waals surface area (Å²) < 4.78 is 0. The van der Waals surface area contributed by atoms with E-state index in [1.165, 1.54) is 0 Å². The zero-order valence-corrected chi connectivity index (χ0v) is 10.8. The molecule has 4 heteroatoms. The summed E-state index contributed by atoms with van der Waals surface area (Å²) in [5.41, 5.74) is 0. The lowest BCUT2D eigenvalue weighted by Gasteiger charge is -2.22. The van der Waals surface area contributed by atoms with Gasteiger partial charge in [0.2, 0.25) is 5.91 Å². The molecule has 0 aromatic rings. The molecule has 0 aliphatic carbocycles. The van der Waals surface area contributed by atoms with Gasteiger partial charge in [0.05, 0.1) is 13.2 Å². The van der Waals surface area contributed by atoms with Gasteiger partial charge in [-0.15, -0.1) is 0 Å². The summed E-state index contributed by atoms with van der Waals surface area (Å²) in [5, 5.41) is 12.1. The van der Waals surface area contributed by atoms with E-state index >= 15 is 0 Å². The summed E-state index contributed by atoms with van der Waals surface area (Å²) >= 11 is 0. The van der Waals surface area contributed by atoms with Crippen LogP contribution in [0.1, 0.15) is 40.0 Å². The van der Waals surface area contributed by atoms with Crippen molar-refractivity contribution in [2.24, 2.45) is 0 Å². The molecule has 0 aromatic heterocycles. The van der Waals surface area contributed by atoms with Gasteiger partial charge in [0, 0.05) is 19.1 Å². The Morgan fingerprint density at radius 1 is 1.38 bits per heavy atom. The van der Waals surface area contributed by atoms with Crippen molar-refractivity contribution >= 4 is 5.91 Å². The normalized spacial score (nSPS) is 12.5. The van der Waals surface area contributed by atoms with Gasteiger partial charge in [-0.05, 0) is 19.8 Å². The van der Waals surface area contributed by atoms with E-state index in [1.807, 2.05) is 0 Å². The Morgan fingerprint density at radius 2 is 2.06 bits per heavy atom. The number of carbonyl (C=O) groups is 1. The molecular formula is C12H26N2O2. The van der Waals surface area contributed by atoms with E-state index < -0.39 is 0 Å². The van der Waals surface area contributed by atoms with Crippen molar-refractivity contribution in [1.82, 2.24) is 10.2 Å². The minimum Gasteiger partial charge on any atom is -0.395 e. The van der Waals surface area contributed by atoms with Crippen molar-refractivity contribution in [2.45, 2.75) is 46.1 Å². The van der Waals surface area contributed by atoms with Crippen molar-refractivity contribution < 1.29 is 9.90 Å². The molecule has 0 spiro atoms.